The first-order chi connectivity index (χ1) is 10.9. The summed E-state index contributed by atoms with van der Waals surface area (Å²) in [4.78, 5) is 24.1. The first kappa shape index (κ1) is 17.0. The third kappa shape index (κ3) is 4.29. The average molecular weight is 313 g/mol. The molecule has 0 fully saturated rings. The normalized spacial score (nSPS) is 13.6. The van der Waals surface area contributed by atoms with Crippen LogP contribution in [-0.4, -0.2) is 23.9 Å². The molecule has 4 N–H and O–H groups in total. The summed E-state index contributed by atoms with van der Waals surface area (Å²) in [5.41, 5.74) is 6.48. The summed E-state index contributed by atoms with van der Waals surface area (Å²) in [5.74, 6) is -0.573. The Hall–Kier alpha value is -2.40. The molecule has 2 aromatic carbocycles. The van der Waals surface area contributed by atoms with E-state index in [-0.39, 0.29) is 17.7 Å². The number of carbonyl (C=O) groups excluding carboxylic acids is 2. The number of nitrogens with one attached hydrogen (secondary N) is 2. The third-order valence-electron chi connectivity index (χ3n) is 3.79. The number of benzene rings is 2. The molecule has 2 amide bonds. The van der Waals surface area contributed by atoms with Gasteiger partial charge in [0.2, 0.25) is 11.8 Å². The Morgan fingerprint density at radius 1 is 0.957 bits per heavy atom. The fourth-order valence-corrected chi connectivity index (χ4v) is 2.20. The van der Waals surface area contributed by atoms with Crippen molar-refractivity contribution in [1.29, 1.82) is 0 Å². The predicted octanol–water partition coefficient (Wildman–Crippen LogP) is 2.27. The smallest absolute Gasteiger partial charge is 0.246 e. The first-order valence-corrected chi connectivity index (χ1v) is 7.74. The van der Waals surface area contributed by atoms with Crippen LogP contribution < -0.4 is 16.4 Å². The molecule has 0 bridgehead atoms. The van der Waals surface area contributed by atoms with E-state index in [2.05, 4.69) is 10.6 Å². The molecule has 2 atom stereocenters. The van der Waals surface area contributed by atoms with Crippen molar-refractivity contribution in [3.05, 3.63) is 42.5 Å². The summed E-state index contributed by atoms with van der Waals surface area (Å²) in [6, 6.07) is 12.3. The van der Waals surface area contributed by atoms with Gasteiger partial charge >= 0.3 is 0 Å². The van der Waals surface area contributed by atoms with E-state index >= 15 is 0 Å². The molecule has 0 heterocycles. The lowest BCUT2D eigenvalue weighted by molar-refractivity contribution is -0.127. The highest BCUT2D eigenvalue weighted by atomic mass is 16.2. The van der Waals surface area contributed by atoms with Crippen LogP contribution in [0.2, 0.25) is 0 Å². The van der Waals surface area contributed by atoms with Gasteiger partial charge in [0.05, 0.1) is 6.04 Å². The topological polar surface area (TPSA) is 84.2 Å². The van der Waals surface area contributed by atoms with Crippen molar-refractivity contribution in [2.45, 2.75) is 32.9 Å². The van der Waals surface area contributed by atoms with Gasteiger partial charge in [0.15, 0.2) is 0 Å². The van der Waals surface area contributed by atoms with Gasteiger partial charge in [-0.25, -0.2) is 0 Å². The van der Waals surface area contributed by atoms with Crippen molar-refractivity contribution >= 4 is 28.3 Å². The van der Waals surface area contributed by atoms with Crippen LogP contribution in [0.4, 0.5) is 5.69 Å². The number of nitrogens with two attached hydrogens (primary N) is 1. The summed E-state index contributed by atoms with van der Waals surface area (Å²) >= 11 is 0. The lowest BCUT2D eigenvalue weighted by Gasteiger charge is -2.19. The highest BCUT2D eigenvalue weighted by molar-refractivity contribution is 5.99. The van der Waals surface area contributed by atoms with Crippen LogP contribution in [0.25, 0.3) is 10.8 Å². The lowest BCUT2D eigenvalue weighted by atomic mass is 10.0. The summed E-state index contributed by atoms with van der Waals surface area (Å²) in [5, 5.41) is 7.61. The minimum absolute atomic E-state index is 0.0192. The van der Waals surface area contributed by atoms with Crippen LogP contribution in [-0.2, 0) is 9.59 Å². The number of hydrogen-bond acceptors (Lipinski definition) is 3. The molecule has 0 aromatic heterocycles. The maximum absolute atomic E-state index is 12.2. The van der Waals surface area contributed by atoms with E-state index in [4.69, 9.17) is 5.73 Å². The van der Waals surface area contributed by atoms with E-state index in [1.165, 1.54) is 0 Å². The molecule has 0 spiro atoms. The molecule has 0 aliphatic heterocycles. The van der Waals surface area contributed by atoms with Crippen LogP contribution in [0.15, 0.2) is 42.5 Å². The van der Waals surface area contributed by atoms with Gasteiger partial charge in [0.1, 0.15) is 6.04 Å². The molecule has 23 heavy (non-hydrogen) atoms. The number of carbonyl (C=O) groups is 2. The van der Waals surface area contributed by atoms with Crippen molar-refractivity contribution in [1.82, 2.24) is 5.32 Å². The second-order valence-corrected chi connectivity index (χ2v) is 6.05. The second kappa shape index (κ2) is 7.24. The molecule has 122 valence electrons. The molecule has 0 saturated carbocycles. The monoisotopic (exact) mass is 313 g/mol. The average Bonchev–Trinajstić information content (AvgIpc) is 2.53. The minimum atomic E-state index is -0.654. The Morgan fingerprint density at radius 2 is 1.61 bits per heavy atom. The number of amides is 2. The van der Waals surface area contributed by atoms with Gasteiger partial charge in [-0.3, -0.25) is 9.59 Å². The summed E-state index contributed by atoms with van der Waals surface area (Å²) in [7, 11) is 0. The zero-order valence-electron chi connectivity index (χ0n) is 13.7. The van der Waals surface area contributed by atoms with Crippen LogP contribution in [0, 0.1) is 5.92 Å². The summed E-state index contributed by atoms with van der Waals surface area (Å²) in [6.45, 7) is 5.37. The maximum atomic E-state index is 12.2. The molecule has 0 aliphatic rings. The Balaban J connectivity index is 2.01. The summed E-state index contributed by atoms with van der Waals surface area (Å²) in [6.07, 6.45) is 0. The molecule has 0 radical (unpaired) electrons. The number of rotatable bonds is 5. The molecule has 2 aromatic rings. The number of fused-ring (bicyclic) bond motifs is 1. The van der Waals surface area contributed by atoms with Crippen molar-refractivity contribution < 1.29 is 9.59 Å². The molecule has 2 rings (SSSR count). The van der Waals surface area contributed by atoms with Gasteiger partial charge in [-0.2, -0.15) is 0 Å². The fraction of sp³-hybridized carbons (Fsp3) is 0.333. The van der Waals surface area contributed by atoms with E-state index in [1.54, 1.807) is 6.92 Å². The maximum Gasteiger partial charge on any atom is 0.246 e. The van der Waals surface area contributed by atoms with Crippen molar-refractivity contribution in [2.75, 3.05) is 5.32 Å². The minimum Gasteiger partial charge on any atom is -0.343 e. The van der Waals surface area contributed by atoms with Crippen LogP contribution in [0.5, 0.6) is 0 Å². The molecule has 0 saturated heterocycles. The van der Waals surface area contributed by atoms with Crippen LogP contribution in [0.1, 0.15) is 20.8 Å². The zero-order chi connectivity index (χ0) is 17.0. The fourth-order valence-electron chi connectivity index (χ4n) is 2.20. The summed E-state index contributed by atoms with van der Waals surface area (Å²) < 4.78 is 0. The van der Waals surface area contributed by atoms with Gasteiger partial charge in [-0.1, -0.05) is 44.2 Å². The molecule has 0 unspecified atom stereocenters. The van der Waals surface area contributed by atoms with Gasteiger partial charge in [0.25, 0.3) is 0 Å². The van der Waals surface area contributed by atoms with Gasteiger partial charge in [-0.05, 0) is 35.7 Å². The lowest BCUT2D eigenvalue weighted by Crippen LogP contribution is -2.50. The van der Waals surface area contributed by atoms with E-state index in [0.717, 1.165) is 10.8 Å². The van der Waals surface area contributed by atoms with Gasteiger partial charge in [0, 0.05) is 5.69 Å². The Labute approximate surface area is 136 Å². The molecular formula is C18H23N3O2. The predicted molar refractivity (Wildman–Crippen MR) is 93.0 cm³/mol. The van der Waals surface area contributed by atoms with Gasteiger partial charge < -0.3 is 16.4 Å². The number of hydrogen-bond donors (Lipinski definition) is 3. The molecule has 5 heteroatoms. The Kier molecular flexibility index (Phi) is 5.34. The molecule has 0 aliphatic carbocycles. The van der Waals surface area contributed by atoms with Crippen molar-refractivity contribution in [3.63, 3.8) is 0 Å². The van der Waals surface area contributed by atoms with Crippen molar-refractivity contribution in [2.24, 2.45) is 11.7 Å². The highest BCUT2D eigenvalue weighted by Crippen LogP contribution is 2.18. The van der Waals surface area contributed by atoms with Crippen LogP contribution in [0.3, 0.4) is 0 Å². The van der Waals surface area contributed by atoms with E-state index < -0.39 is 12.1 Å². The van der Waals surface area contributed by atoms with E-state index in [9.17, 15) is 9.59 Å². The van der Waals surface area contributed by atoms with Crippen molar-refractivity contribution in [3.8, 4) is 0 Å². The molecular weight excluding hydrogens is 290 g/mol. The quantitative estimate of drug-likeness (QED) is 0.791. The number of anilines is 1. The highest BCUT2D eigenvalue weighted by Gasteiger charge is 2.22. The first-order valence-electron chi connectivity index (χ1n) is 7.74. The van der Waals surface area contributed by atoms with E-state index in [1.807, 2.05) is 56.3 Å². The standard InChI is InChI=1S/C18H23N3O2/c1-11(2)16(19)18(23)20-12(3)17(22)21-15-9-8-13-6-4-5-7-14(13)10-15/h4-12,16H,19H2,1-3H3,(H,20,23)(H,21,22)/t12-,16-/m0/s1. The van der Waals surface area contributed by atoms with Crippen LogP contribution >= 0.6 is 0 Å². The third-order valence-corrected chi connectivity index (χ3v) is 3.79. The zero-order valence-corrected chi connectivity index (χ0v) is 13.7. The van der Waals surface area contributed by atoms with Gasteiger partial charge in [-0.15, -0.1) is 0 Å². The Bertz CT molecular complexity index is 712. The second-order valence-electron chi connectivity index (χ2n) is 6.05. The van der Waals surface area contributed by atoms with E-state index in [0.29, 0.717) is 5.69 Å². The largest absolute Gasteiger partial charge is 0.343 e. The molecule has 5 nitrogen and oxygen atoms in total. The Morgan fingerprint density at radius 3 is 2.26 bits per heavy atom. The SMILES string of the molecule is CC(C)[C@H](N)C(=O)N[C@@H](C)C(=O)Nc1ccc2ccccc2c1.